The standard InChI is InChI=1S/C23H21N5O2/c1-16-13-18-14-26(11-12-27(18)24-16)21(29)15-28-23(30)20-10-6-5-9-19(20)22(25-28)17-7-3-2-4-8-17/h2-10,13H,11-12,14-15H2,1H3. The molecule has 0 aliphatic carbocycles. The fourth-order valence-electron chi connectivity index (χ4n) is 4.00. The molecule has 1 aliphatic heterocycles. The average Bonchev–Trinajstić information content (AvgIpc) is 3.15. The minimum Gasteiger partial charge on any atom is -0.333 e. The van der Waals surface area contributed by atoms with Crippen LogP contribution in [0.2, 0.25) is 0 Å². The van der Waals surface area contributed by atoms with Gasteiger partial charge in [0.25, 0.3) is 5.56 Å². The van der Waals surface area contributed by atoms with Gasteiger partial charge in [0.1, 0.15) is 6.54 Å². The van der Waals surface area contributed by atoms with E-state index in [1.165, 1.54) is 4.68 Å². The van der Waals surface area contributed by atoms with Crippen LogP contribution in [0.25, 0.3) is 22.0 Å². The molecule has 1 amide bonds. The number of carbonyl (C=O) groups excluding carboxylic acids is 1. The van der Waals surface area contributed by atoms with E-state index in [0.29, 0.717) is 30.7 Å². The van der Waals surface area contributed by atoms with Crippen LogP contribution < -0.4 is 5.56 Å². The van der Waals surface area contributed by atoms with E-state index < -0.39 is 0 Å². The van der Waals surface area contributed by atoms with Crippen molar-refractivity contribution in [1.82, 2.24) is 24.5 Å². The van der Waals surface area contributed by atoms with Crippen molar-refractivity contribution in [3.05, 3.63) is 82.4 Å². The number of benzene rings is 2. The number of aromatic nitrogens is 4. The molecule has 0 unspecified atom stereocenters. The average molecular weight is 399 g/mol. The van der Waals surface area contributed by atoms with E-state index in [9.17, 15) is 9.59 Å². The first-order chi connectivity index (χ1) is 14.6. The van der Waals surface area contributed by atoms with Crippen LogP contribution in [0.5, 0.6) is 0 Å². The van der Waals surface area contributed by atoms with E-state index in [1.54, 1.807) is 11.0 Å². The molecule has 0 saturated carbocycles. The molecular formula is C23H21N5O2. The smallest absolute Gasteiger partial charge is 0.275 e. The van der Waals surface area contributed by atoms with Gasteiger partial charge in [0.2, 0.25) is 5.91 Å². The van der Waals surface area contributed by atoms with Gasteiger partial charge in [0, 0.05) is 17.5 Å². The predicted octanol–water partition coefficient (Wildman–Crippen LogP) is 2.61. The number of hydrogen-bond acceptors (Lipinski definition) is 4. The van der Waals surface area contributed by atoms with Crippen LogP contribution >= 0.6 is 0 Å². The van der Waals surface area contributed by atoms with Crippen LogP contribution in [0.15, 0.2) is 65.5 Å². The Hall–Kier alpha value is -3.74. The van der Waals surface area contributed by atoms with Crippen molar-refractivity contribution in [1.29, 1.82) is 0 Å². The number of aryl methyl sites for hydroxylation is 1. The number of fused-ring (bicyclic) bond motifs is 2. The van der Waals surface area contributed by atoms with Crippen LogP contribution in [0.4, 0.5) is 0 Å². The van der Waals surface area contributed by atoms with Gasteiger partial charge in [-0.2, -0.15) is 10.2 Å². The Morgan fingerprint density at radius 1 is 0.967 bits per heavy atom. The third-order valence-corrected chi connectivity index (χ3v) is 5.47. The molecule has 3 heterocycles. The molecule has 0 radical (unpaired) electrons. The molecule has 30 heavy (non-hydrogen) atoms. The van der Waals surface area contributed by atoms with Crippen LogP contribution in [0.1, 0.15) is 11.4 Å². The number of carbonyl (C=O) groups is 1. The van der Waals surface area contributed by atoms with Crippen molar-refractivity contribution in [3.8, 4) is 11.3 Å². The summed E-state index contributed by atoms with van der Waals surface area (Å²) in [5.41, 5.74) is 3.31. The molecule has 150 valence electrons. The summed E-state index contributed by atoms with van der Waals surface area (Å²) in [6, 6.07) is 19.1. The zero-order chi connectivity index (χ0) is 20.7. The zero-order valence-corrected chi connectivity index (χ0v) is 16.7. The highest BCUT2D eigenvalue weighted by molar-refractivity contribution is 5.93. The minimum atomic E-state index is -0.253. The Kier molecular flexibility index (Phi) is 4.43. The van der Waals surface area contributed by atoms with Gasteiger partial charge in [-0.25, -0.2) is 4.68 Å². The minimum absolute atomic E-state index is 0.0867. The summed E-state index contributed by atoms with van der Waals surface area (Å²) in [4.78, 5) is 27.8. The van der Waals surface area contributed by atoms with E-state index >= 15 is 0 Å². The molecule has 2 aromatic heterocycles. The highest BCUT2D eigenvalue weighted by Gasteiger charge is 2.23. The maximum Gasteiger partial charge on any atom is 0.275 e. The van der Waals surface area contributed by atoms with Crippen molar-refractivity contribution in [2.75, 3.05) is 6.54 Å². The molecule has 0 atom stereocenters. The van der Waals surface area contributed by atoms with Crippen molar-refractivity contribution >= 4 is 16.7 Å². The van der Waals surface area contributed by atoms with E-state index in [2.05, 4.69) is 10.2 Å². The molecule has 7 nitrogen and oxygen atoms in total. The van der Waals surface area contributed by atoms with Gasteiger partial charge in [-0.1, -0.05) is 48.5 Å². The summed E-state index contributed by atoms with van der Waals surface area (Å²) >= 11 is 0. The SMILES string of the molecule is Cc1cc2n(n1)CCN(C(=O)Cn1nc(-c3ccccc3)c3ccccc3c1=O)C2. The Balaban J connectivity index is 1.51. The molecule has 5 rings (SSSR count). The quantitative estimate of drug-likeness (QED) is 0.531. The molecule has 7 heteroatoms. The van der Waals surface area contributed by atoms with Gasteiger partial charge in [-0.3, -0.25) is 14.3 Å². The fraction of sp³-hybridized carbons (Fsp3) is 0.217. The summed E-state index contributed by atoms with van der Waals surface area (Å²) in [6.07, 6.45) is 0. The molecule has 0 saturated heterocycles. The molecule has 4 aromatic rings. The monoisotopic (exact) mass is 399 g/mol. The Morgan fingerprint density at radius 2 is 1.70 bits per heavy atom. The predicted molar refractivity (Wildman–Crippen MR) is 114 cm³/mol. The van der Waals surface area contributed by atoms with Gasteiger partial charge in [0.05, 0.1) is 35.6 Å². The second-order valence-corrected chi connectivity index (χ2v) is 7.54. The van der Waals surface area contributed by atoms with Crippen molar-refractivity contribution in [2.45, 2.75) is 26.6 Å². The van der Waals surface area contributed by atoms with Crippen molar-refractivity contribution in [2.24, 2.45) is 0 Å². The molecule has 0 N–H and O–H groups in total. The van der Waals surface area contributed by atoms with Gasteiger partial charge < -0.3 is 4.90 Å². The number of rotatable bonds is 3. The van der Waals surface area contributed by atoms with Crippen LogP contribution in [0.3, 0.4) is 0 Å². The molecule has 0 spiro atoms. The van der Waals surface area contributed by atoms with Crippen LogP contribution in [-0.2, 0) is 24.4 Å². The zero-order valence-electron chi connectivity index (χ0n) is 16.7. The van der Waals surface area contributed by atoms with Gasteiger partial charge in [-0.15, -0.1) is 0 Å². The topological polar surface area (TPSA) is 73.0 Å². The fourth-order valence-corrected chi connectivity index (χ4v) is 4.00. The first-order valence-electron chi connectivity index (χ1n) is 9.96. The molecule has 0 bridgehead atoms. The normalized spacial score (nSPS) is 13.4. The number of hydrogen-bond donors (Lipinski definition) is 0. The van der Waals surface area contributed by atoms with Crippen LogP contribution in [-0.4, -0.2) is 36.9 Å². The Labute approximate surface area is 173 Å². The first-order valence-corrected chi connectivity index (χ1v) is 9.96. The number of nitrogens with zero attached hydrogens (tertiary/aromatic N) is 5. The summed E-state index contributed by atoms with van der Waals surface area (Å²) in [6.45, 7) is 3.58. The Morgan fingerprint density at radius 3 is 2.50 bits per heavy atom. The first kappa shape index (κ1) is 18.3. The lowest BCUT2D eigenvalue weighted by Gasteiger charge is -2.27. The molecule has 1 aliphatic rings. The van der Waals surface area contributed by atoms with Crippen molar-refractivity contribution in [3.63, 3.8) is 0 Å². The van der Waals surface area contributed by atoms with Crippen molar-refractivity contribution < 1.29 is 4.79 Å². The van der Waals surface area contributed by atoms with Gasteiger partial charge >= 0.3 is 0 Å². The highest BCUT2D eigenvalue weighted by Crippen LogP contribution is 2.24. The van der Waals surface area contributed by atoms with Gasteiger partial charge in [-0.05, 0) is 19.1 Å². The third-order valence-electron chi connectivity index (χ3n) is 5.47. The molecule has 2 aromatic carbocycles. The maximum atomic E-state index is 13.0. The summed E-state index contributed by atoms with van der Waals surface area (Å²) in [5, 5.41) is 10.4. The van der Waals surface area contributed by atoms with E-state index in [1.807, 2.05) is 66.2 Å². The summed E-state index contributed by atoms with van der Waals surface area (Å²) < 4.78 is 3.23. The Bertz CT molecular complexity index is 1310. The van der Waals surface area contributed by atoms with Gasteiger partial charge in [0.15, 0.2) is 0 Å². The summed E-state index contributed by atoms with van der Waals surface area (Å²) in [5.74, 6) is -0.121. The lowest BCUT2D eigenvalue weighted by molar-refractivity contribution is -0.133. The summed E-state index contributed by atoms with van der Waals surface area (Å²) in [7, 11) is 0. The third kappa shape index (κ3) is 3.18. The lowest BCUT2D eigenvalue weighted by Crippen LogP contribution is -2.42. The van der Waals surface area contributed by atoms with E-state index in [0.717, 1.165) is 22.3 Å². The second kappa shape index (κ2) is 7.26. The second-order valence-electron chi connectivity index (χ2n) is 7.54. The van der Waals surface area contributed by atoms with E-state index in [4.69, 9.17) is 0 Å². The maximum absolute atomic E-state index is 13.0. The lowest BCUT2D eigenvalue weighted by atomic mass is 10.1. The van der Waals surface area contributed by atoms with E-state index in [-0.39, 0.29) is 18.0 Å². The highest BCUT2D eigenvalue weighted by atomic mass is 16.2. The van der Waals surface area contributed by atoms with Crippen LogP contribution in [0, 0.1) is 6.92 Å². The molecular weight excluding hydrogens is 378 g/mol. The largest absolute Gasteiger partial charge is 0.333 e. The number of amides is 1. The molecule has 0 fully saturated rings.